The van der Waals surface area contributed by atoms with Gasteiger partial charge in [-0.05, 0) is 42.0 Å². The predicted molar refractivity (Wildman–Crippen MR) is 150 cm³/mol. The predicted octanol–water partition coefficient (Wildman–Crippen LogP) is 1.47. The Kier molecular flexibility index (Phi) is 8.08. The van der Waals surface area contributed by atoms with Crippen molar-refractivity contribution < 1.29 is 64.6 Å². The topological polar surface area (TPSA) is 248 Å². The van der Waals surface area contributed by atoms with Gasteiger partial charge in [0.25, 0.3) is 0 Å². The highest BCUT2D eigenvalue weighted by atomic mass is 16.6. The maximum absolute atomic E-state index is 13.0. The van der Waals surface area contributed by atoms with Crippen LogP contribution < -0.4 is 5.43 Å². The molecule has 14 heteroatoms. The van der Waals surface area contributed by atoms with E-state index in [0.29, 0.717) is 5.56 Å². The third kappa shape index (κ3) is 5.69. The SMILES string of the molecule is O=C(C=Cc1ccc(O)c(O)c1)OCC1OC(c2c(O)cc3oc(-c4ccc(O)c(O)c4)cc(=O)c3c2O)C(O)C(O)C1O. The second kappa shape index (κ2) is 11.8. The number of rotatable bonds is 6. The number of hydrogen-bond donors (Lipinski definition) is 9. The van der Waals surface area contributed by atoms with Crippen molar-refractivity contribution in [3.05, 3.63) is 76.0 Å². The summed E-state index contributed by atoms with van der Waals surface area (Å²) in [7, 11) is 0. The summed E-state index contributed by atoms with van der Waals surface area (Å²) in [5.41, 5.74) is -1.05. The van der Waals surface area contributed by atoms with E-state index in [1.54, 1.807) is 0 Å². The molecule has 1 fully saturated rings. The van der Waals surface area contributed by atoms with Gasteiger partial charge in [0, 0.05) is 23.8 Å². The van der Waals surface area contributed by atoms with E-state index in [2.05, 4.69) is 0 Å². The Bertz CT molecular complexity index is 1830. The number of benzene rings is 3. The molecule has 1 aliphatic rings. The number of aliphatic hydroxyl groups excluding tert-OH is 3. The first-order valence-electron chi connectivity index (χ1n) is 13.0. The lowest BCUT2D eigenvalue weighted by molar-refractivity contribution is -0.234. The molecule has 5 unspecified atom stereocenters. The number of aliphatic hydroxyl groups is 3. The summed E-state index contributed by atoms with van der Waals surface area (Å²) in [5.74, 6) is -4.21. The van der Waals surface area contributed by atoms with Gasteiger partial charge in [-0.3, -0.25) is 4.79 Å². The largest absolute Gasteiger partial charge is 0.507 e. The summed E-state index contributed by atoms with van der Waals surface area (Å²) in [6.07, 6.45) is -6.52. The molecule has 5 rings (SSSR count). The molecule has 3 aromatic carbocycles. The van der Waals surface area contributed by atoms with E-state index in [0.717, 1.165) is 24.3 Å². The summed E-state index contributed by atoms with van der Waals surface area (Å²) < 4.78 is 16.4. The van der Waals surface area contributed by atoms with Gasteiger partial charge in [-0.1, -0.05) is 6.07 Å². The van der Waals surface area contributed by atoms with E-state index in [1.165, 1.54) is 36.4 Å². The number of aromatic hydroxyl groups is 6. The zero-order valence-corrected chi connectivity index (χ0v) is 22.4. The summed E-state index contributed by atoms with van der Waals surface area (Å²) in [4.78, 5) is 25.3. The van der Waals surface area contributed by atoms with Crippen molar-refractivity contribution >= 4 is 23.0 Å². The number of phenols is 6. The van der Waals surface area contributed by atoms with Crippen molar-refractivity contribution in [1.29, 1.82) is 0 Å². The number of esters is 1. The molecule has 0 saturated carbocycles. The molecule has 0 aliphatic carbocycles. The standard InChI is InChI=1S/C30H26O14/c31-14-4-1-12(7-16(14)33)2-6-23(37)42-11-22-26(38)28(40)29(41)30(44-22)25-19(36)10-21-24(27(25)39)18(35)9-20(43-21)13-3-5-15(32)17(34)8-13/h1-10,22,26,28-34,36,38-41H,11H2. The van der Waals surface area contributed by atoms with Crippen LogP contribution in [0.2, 0.25) is 0 Å². The van der Waals surface area contributed by atoms with Gasteiger partial charge < -0.3 is 59.8 Å². The first-order chi connectivity index (χ1) is 20.8. The molecule has 4 aromatic rings. The molecule has 1 aliphatic heterocycles. The molecule has 1 aromatic heterocycles. The lowest BCUT2D eigenvalue weighted by Crippen LogP contribution is -2.55. The number of ether oxygens (including phenoxy) is 2. The van der Waals surface area contributed by atoms with Crippen LogP contribution in [-0.4, -0.2) is 83.0 Å². The van der Waals surface area contributed by atoms with Gasteiger partial charge in [0.2, 0.25) is 0 Å². The first-order valence-corrected chi connectivity index (χ1v) is 13.0. The third-order valence-electron chi connectivity index (χ3n) is 7.07. The Labute approximate surface area is 246 Å². The molecule has 2 heterocycles. The normalized spacial score (nSPS) is 21.9. The number of hydrogen-bond acceptors (Lipinski definition) is 14. The minimum atomic E-state index is -1.92. The van der Waals surface area contributed by atoms with Crippen molar-refractivity contribution in [2.24, 2.45) is 0 Å². The zero-order chi connectivity index (χ0) is 31.9. The molecule has 9 N–H and O–H groups in total. The Morgan fingerprint density at radius 3 is 2.16 bits per heavy atom. The molecule has 0 amide bonds. The highest BCUT2D eigenvalue weighted by Gasteiger charge is 2.46. The summed E-state index contributed by atoms with van der Waals surface area (Å²) in [6, 6.07) is 9.42. The Morgan fingerprint density at radius 2 is 1.48 bits per heavy atom. The van der Waals surface area contributed by atoms with Gasteiger partial charge in [-0.2, -0.15) is 0 Å². The maximum atomic E-state index is 13.0. The molecule has 0 spiro atoms. The Morgan fingerprint density at radius 1 is 0.795 bits per heavy atom. The Balaban J connectivity index is 1.40. The van der Waals surface area contributed by atoms with Gasteiger partial charge in [0.05, 0.1) is 5.56 Å². The van der Waals surface area contributed by atoms with Gasteiger partial charge in [-0.25, -0.2) is 4.79 Å². The number of phenolic OH excluding ortho intramolecular Hbond substituents is 6. The van der Waals surface area contributed by atoms with Crippen LogP contribution in [0.4, 0.5) is 0 Å². The van der Waals surface area contributed by atoms with Crippen molar-refractivity contribution in [2.75, 3.05) is 6.61 Å². The molecule has 44 heavy (non-hydrogen) atoms. The minimum absolute atomic E-state index is 0.0741. The van der Waals surface area contributed by atoms with Gasteiger partial charge in [0.1, 0.15) is 65.4 Å². The number of carbonyl (C=O) groups excluding carboxylic acids is 1. The van der Waals surface area contributed by atoms with Crippen LogP contribution in [-0.2, 0) is 14.3 Å². The average molecular weight is 611 g/mol. The van der Waals surface area contributed by atoms with Crippen molar-refractivity contribution in [3.63, 3.8) is 0 Å². The number of fused-ring (bicyclic) bond motifs is 1. The van der Waals surface area contributed by atoms with Crippen LogP contribution in [0.25, 0.3) is 28.4 Å². The quantitative estimate of drug-likeness (QED) is 0.0852. The van der Waals surface area contributed by atoms with Gasteiger partial charge in [0.15, 0.2) is 28.4 Å². The highest BCUT2D eigenvalue weighted by molar-refractivity contribution is 5.88. The number of carbonyl (C=O) groups is 1. The monoisotopic (exact) mass is 610 g/mol. The fourth-order valence-corrected chi connectivity index (χ4v) is 4.75. The van der Waals surface area contributed by atoms with Crippen LogP contribution in [0.1, 0.15) is 17.2 Å². The van der Waals surface area contributed by atoms with E-state index in [-0.39, 0.29) is 22.7 Å². The van der Waals surface area contributed by atoms with E-state index in [4.69, 9.17) is 13.9 Å². The summed E-state index contributed by atoms with van der Waals surface area (Å²) in [6.45, 7) is -0.647. The lowest BCUT2D eigenvalue weighted by Gasteiger charge is -2.40. The van der Waals surface area contributed by atoms with Gasteiger partial charge in [-0.15, -0.1) is 0 Å². The maximum Gasteiger partial charge on any atom is 0.330 e. The first kappa shape index (κ1) is 30.2. The van der Waals surface area contributed by atoms with Crippen LogP contribution >= 0.6 is 0 Å². The van der Waals surface area contributed by atoms with Crippen LogP contribution in [0.3, 0.4) is 0 Å². The highest BCUT2D eigenvalue weighted by Crippen LogP contribution is 2.45. The molecule has 5 atom stereocenters. The fourth-order valence-electron chi connectivity index (χ4n) is 4.75. The third-order valence-corrected chi connectivity index (χ3v) is 7.07. The zero-order valence-electron chi connectivity index (χ0n) is 22.4. The van der Waals surface area contributed by atoms with Gasteiger partial charge >= 0.3 is 5.97 Å². The molecule has 1 saturated heterocycles. The summed E-state index contributed by atoms with van der Waals surface area (Å²) in [5, 5.41) is 91.3. The minimum Gasteiger partial charge on any atom is -0.507 e. The smallest absolute Gasteiger partial charge is 0.330 e. The molecule has 0 radical (unpaired) electrons. The molecule has 0 bridgehead atoms. The fraction of sp³-hybridized carbons (Fsp3) is 0.200. The van der Waals surface area contributed by atoms with Crippen LogP contribution in [0.15, 0.2) is 63.8 Å². The second-order valence-electron chi connectivity index (χ2n) is 9.99. The molecular formula is C30H26O14. The van der Waals surface area contributed by atoms with E-state index in [9.17, 15) is 55.5 Å². The Hall–Kier alpha value is -5.28. The molecular weight excluding hydrogens is 584 g/mol. The average Bonchev–Trinajstić information content (AvgIpc) is 2.98. The van der Waals surface area contributed by atoms with Crippen molar-refractivity contribution in [2.45, 2.75) is 30.5 Å². The lowest BCUT2D eigenvalue weighted by atomic mass is 9.89. The van der Waals surface area contributed by atoms with Crippen LogP contribution in [0, 0.1) is 0 Å². The second-order valence-corrected chi connectivity index (χ2v) is 9.99. The molecule has 230 valence electrons. The van der Waals surface area contributed by atoms with Crippen molar-refractivity contribution in [3.8, 4) is 45.8 Å². The van der Waals surface area contributed by atoms with Crippen molar-refractivity contribution in [1.82, 2.24) is 0 Å². The molecule has 14 nitrogen and oxygen atoms in total. The van der Waals surface area contributed by atoms with E-state index >= 15 is 0 Å². The van der Waals surface area contributed by atoms with E-state index in [1.807, 2.05) is 0 Å². The van der Waals surface area contributed by atoms with Crippen LogP contribution in [0.5, 0.6) is 34.5 Å². The van der Waals surface area contributed by atoms with E-state index < -0.39 is 88.2 Å². The summed E-state index contributed by atoms with van der Waals surface area (Å²) >= 11 is 0.